The number of hydrogen-bond acceptors (Lipinski definition) is 3. The zero-order valence-electron chi connectivity index (χ0n) is 12.6. The lowest BCUT2D eigenvalue weighted by molar-refractivity contribution is 0.156. The van der Waals surface area contributed by atoms with Gasteiger partial charge in [0.15, 0.2) is 0 Å². The monoisotopic (exact) mass is 281 g/mol. The van der Waals surface area contributed by atoms with E-state index in [9.17, 15) is 0 Å². The molecule has 0 bridgehead atoms. The minimum Gasteiger partial charge on any atom is -0.393 e. The van der Waals surface area contributed by atoms with Crippen molar-refractivity contribution in [3.05, 3.63) is 35.9 Å². The Morgan fingerprint density at radius 1 is 1.05 bits per heavy atom. The van der Waals surface area contributed by atoms with Gasteiger partial charge in [0.25, 0.3) is 0 Å². The van der Waals surface area contributed by atoms with Crippen molar-refractivity contribution in [3.8, 4) is 0 Å². The summed E-state index contributed by atoms with van der Waals surface area (Å²) in [5, 5.41) is -0.545. The molecule has 108 valence electrons. The van der Waals surface area contributed by atoms with Crippen LogP contribution in [-0.2, 0) is 14.0 Å². The molecule has 0 radical (unpaired) electrons. The SMILES string of the molecule is CCC[Si](OCC)(OCC)C(C)(N)c1ccccc1. The van der Waals surface area contributed by atoms with E-state index in [4.69, 9.17) is 14.6 Å². The van der Waals surface area contributed by atoms with Crippen molar-refractivity contribution in [1.29, 1.82) is 0 Å². The molecule has 0 aliphatic heterocycles. The van der Waals surface area contributed by atoms with Crippen molar-refractivity contribution in [2.75, 3.05) is 13.2 Å². The van der Waals surface area contributed by atoms with Crippen LogP contribution in [0.3, 0.4) is 0 Å². The third kappa shape index (κ3) is 3.45. The van der Waals surface area contributed by atoms with E-state index in [0.29, 0.717) is 13.2 Å². The lowest BCUT2D eigenvalue weighted by Crippen LogP contribution is -2.64. The zero-order chi connectivity index (χ0) is 14.4. The number of nitrogens with two attached hydrogens (primary N) is 1. The molecule has 0 aliphatic rings. The highest BCUT2D eigenvalue weighted by atomic mass is 28.4. The van der Waals surface area contributed by atoms with E-state index < -0.39 is 13.7 Å². The van der Waals surface area contributed by atoms with Crippen LogP contribution in [0, 0.1) is 0 Å². The fourth-order valence-electron chi connectivity index (χ4n) is 2.55. The molecule has 2 N–H and O–H groups in total. The molecule has 0 fully saturated rings. The molecule has 0 aromatic heterocycles. The van der Waals surface area contributed by atoms with E-state index in [-0.39, 0.29) is 0 Å². The summed E-state index contributed by atoms with van der Waals surface area (Å²) in [6, 6.07) is 11.1. The van der Waals surface area contributed by atoms with E-state index in [1.165, 1.54) is 0 Å². The molecule has 3 nitrogen and oxygen atoms in total. The summed E-state index contributed by atoms with van der Waals surface area (Å²) >= 11 is 0. The summed E-state index contributed by atoms with van der Waals surface area (Å²) in [7, 11) is -2.49. The van der Waals surface area contributed by atoms with Crippen LogP contribution in [-0.4, -0.2) is 21.8 Å². The summed E-state index contributed by atoms with van der Waals surface area (Å²) in [5.74, 6) is 0. The van der Waals surface area contributed by atoms with Crippen molar-refractivity contribution < 1.29 is 8.85 Å². The molecule has 1 rings (SSSR count). The van der Waals surface area contributed by atoms with Crippen LogP contribution < -0.4 is 5.73 Å². The van der Waals surface area contributed by atoms with E-state index in [1.54, 1.807) is 0 Å². The topological polar surface area (TPSA) is 44.5 Å². The Kier molecular flexibility index (Phi) is 6.20. The van der Waals surface area contributed by atoms with Gasteiger partial charge >= 0.3 is 8.56 Å². The first kappa shape index (κ1) is 16.4. The molecular weight excluding hydrogens is 254 g/mol. The minimum atomic E-state index is -2.49. The van der Waals surface area contributed by atoms with Gasteiger partial charge in [0.05, 0.1) is 5.16 Å². The lowest BCUT2D eigenvalue weighted by Gasteiger charge is -2.42. The van der Waals surface area contributed by atoms with Gasteiger partial charge in [-0.2, -0.15) is 0 Å². The molecule has 19 heavy (non-hydrogen) atoms. The van der Waals surface area contributed by atoms with Gasteiger partial charge in [0.1, 0.15) is 0 Å². The van der Waals surface area contributed by atoms with Crippen LogP contribution >= 0.6 is 0 Å². The van der Waals surface area contributed by atoms with E-state index in [0.717, 1.165) is 18.0 Å². The summed E-state index contributed by atoms with van der Waals surface area (Å²) in [5.41, 5.74) is 7.78. The summed E-state index contributed by atoms with van der Waals surface area (Å²) in [6.07, 6.45) is 1.02. The van der Waals surface area contributed by atoms with Gasteiger partial charge in [-0.1, -0.05) is 43.7 Å². The highest BCUT2D eigenvalue weighted by Crippen LogP contribution is 2.34. The molecular formula is C15H27NO2Si. The Balaban J connectivity index is 3.20. The summed E-state index contributed by atoms with van der Waals surface area (Å²) in [6.45, 7) is 9.52. The predicted octanol–water partition coefficient (Wildman–Crippen LogP) is 3.32. The van der Waals surface area contributed by atoms with Crippen LogP contribution in [0.15, 0.2) is 30.3 Å². The lowest BCUT2D eigenvalue weighted by atomic mass is 10.1. The average molecular weight is 281 g/mol. The van der Waals surface area contributed by atoms with Crippen molar-refractivity contribution in [2.24, 2.45) is 5.73 Å². The Morgan fingerprint density at radius 3 is 2.00 bits per heavy atom. The Hall–Kier alpha value is -0.683. The standard InChI is InChI=1S/C15H27NO2Si/c1-5-13-19(17-6-2,18-7-3)15(4,16)14-11-9-8-10-12-14/h8-12H,5-7,13,16H2,1-4H3. The predicted molar refractivity (Wildman–Crippen MR) is 82.1 cm³/mol. The van der Waals surface area contributed by atoms with Gasteiger partial charge < -0.3 is 14.6 Å². The smallest absolute Gasteiger partial charge is 0.363 e. The molecule has 0 aliphatic carbocycles. The quantitative estimate of drug-likeness (QED) is 0.743. The molecule has 1 atom stereocenters. The molecule has 4 heteroatoms. The highest BCUT2D eigenvalue weighted by molar-refractivity contribution is 6.70. The van der Waals surface area contributed by atoms with E-state index >= 15 is 0 Å². The molecule has 0 amide bonds. The number of benzene rings is 1. The fraction of sp³-hybridized carbons (Fsp3) is 0.600. The molecule has 0 spiro atoms. The van der Waals surface area contributed by atoms with Crippen LogP contribution in [0.25, 0.3) is 0 Å². The van der Waals surface area contributed by atoms with E-state index in [2.05, 4.69) is 26.0 Å². The first-order valence-electron chi connectivity index (χ1n) is 7.16. The van der Waals surface area contributed by atoms with Crippen LogP contribution in [0.4, 0.5) is 0 Å². The van der Waals surface area contributed by atoms with Crippen LogP contribution in [0.5, 0.6) is 0 Å². The maximum atomic E-state index is 6.69. The normalized spacial score (nSPS) is 15.2. The third-order valence-electron chi connectivity index (χ3n) is 3.50. The zero-order valence-corrected chi connectivity index (χ0v) is 13.6. The van der Waals surface area contributed by atoms with Crippen molar-refractivity contribution in [1.82, 2.24) is 0 Å². The minimum absolute atomic E-state index is 0.545. The van der Waals surface area contributed by atoms with E-state index in [1.807, 2.05) is 32.0 Å². The first-order valence-corrected chi connectivity index (χ1v) is 9.18. The second-order valence-corrected chi connectivity index (χ2v) is 8.56. The highest BCUT2D eigenvalue weighted by Gasteiger charge is 2.52. The summed E-state index contributed by atoms with van der Waals surface area (Å²) < 4.78 is 12.2. The van der Waals surface area contributed by atoms with Gasteiger partial charge in [0.2, 0.25) is 0 Å². The number of rotatable bonds is 8. The van der Waals surface area contributed by atoms with Gasteiger partial charge in [-0.05, 0) is 32.4 Å². The second kappa shape index (κ2) is 7.19. The largest absolute Gasteiger partial charge is 0.393 e. The second-order valence-electron chi connectivity index (χ2n) is 4.94. The van der Waals surface area contributed by atoms with Gasteiger partial charge in [-0.25, -0.2) is 0 Å². The average Bonchev–Trinajstić information content (AvgIpc) is 2.40. The molecule has 0 saturated heterocycles. The Bertz CT molecular complexity index is 351. The van der Waals surface area contributed by atoms with Crippen LogP contribution in [0.2, 0.25) is 6.04 Å². The fourth-order valence-corrected chi connectivity index (χ4v) is 6.23. The Labute approximate surface area is 118 Å². The maximum Gasteiger partial charge on any atom is 0.363 e. The van der Waals surface area contributed by atoms with Gasteiger partial charge in [-0.15, -0.1) is 0 Å². The first-order chi connectivity index (χ1) is 9.04. The Morgan fingerprint density at radius 2 is 1.58 bits per heavy atom. The van der Waals surface area contributed by atoms with Crippen molar-refractivity contribution in [2.45, 2.75) is 45.3 Å². The van der Waals surface area contributed by atoms with Gasteiger partial charge in [-0.3, -0.25) is 0 Å². The molecule has 1 aromatic carbocycles. The molecule has 1 aromatic rings. The molecule has 0 heterocycles. The third-order valence-corrected chi connectivity index (χ3v) is 8.04. The van der Waals surface area contributed by atoms with Crippen molar-refractivity contribution in [3.63, 3.8) is 0 Å². The molecule has 0 saturated carbocycles. The van der Waals surface area contributed by atoms with Crippen molar-refractivity contribution >= 4 is 8.56 Å². The number of hydrogen-bond donors (Lipinski definition) is 1. The van der Waals surface area contributed by atoms with Crippen LogP contribution in [0.1, 0.15) is 39.7 Å². The van der Waals surface area contributed by atoms with Gasteiger partial charge in [0, 0.05) is 13.2 Å². The maximum absolute atomic E-state index is 6.69. The summed E-state index contributed by atoms with van der Waals surface area (Å²) in [4.78, 5) is 0. The molecule has 1 unspecified atom stereocenters.